The fourth-order valence-electron chi connectivity index (χ4n) is 1.16. The van der Waals surface area contributed by atoms with Crippen molar-refractivity contribution in [2.75, 3.05) is 7.11 Å². The van der Waals surface area contributed by atoms with Gasteiger partial charge in [-0.2, -0.15) is 5.10 Å². The van der Waals surface area contributed by atoms with Crippen LogP contribution in [-0.4, -0.2) is 16.7 Å². The Morgan fingerprint density at radius 1 is 1.54 bits per heavy atom. The number of rotatable bonds is 1. The lowest BCUT2D eigenvalue weighted by Crippen LogP contribution is -1.92. The molecule has 2 aromatic heterocycles. The summed E-state index contributed by atoms with van der Waals surface area (Å²) in [6.07, 6.45) is 0. The second kappa shape index (κ2) is 3.20. The van der Waals surface area contributed by atoms with Gasteiger partial charge in [0.05, 0.1) is 7.11 Å². The molecule has 0 amide bonds. The zero-order valence-corrected chi connectivity index (χ0v) is 9.13. The van der Waals surface area contributed by atoms with Gasteiger partial charge in [0.25, 0.3) is 0 Å². The summed E-state index contributed by atoms with van der Waals surface area (Å²) in [5, 5.41) is 4.70. The van der Waals surface area contributed by atoms with Crippen LogP contribution >= 0.6 is 27.5 Å². The molecule has 0 saturated heterocycles. The van der Waals surface area contributed by atoms with Crippen LogP contribution in [0.4, 0.5) is 0 Å². The number of ether oxygens (including phenoxy) is 1. The number of hydrogen-bond donors (Lipinski definition) is 0. The van der Waals surface area contributed by atoms with Crippen LogP contribution in [0.3, 0.4) is 0 Å². The third-order valence-corrected chi connectivity index (χ3v) is 2.40. The first kappa shape index (κ1) is 8.84. The Balaban J connectivity index is 2.83. The lowest BCUT2D eigenvalue weighted by molar-refractivity contribution is 0.417. The van der Waals surface area contributed by atoms with E-state index in [9.17, 15) is 0 Å². The van der Waals surface area contributed by atoms with Crippen molar-refractivity contribution in [3.63, 3.8) is 0 Å². The standard InChI is InChI=1S/C8H6BrClN2O/c1-13-6-2-3-8(10)12-5(6)4-7(9)11-12/h2-4H,1H3. The van der Waals surface area contributed by atoms with E-state index in [0.29, 0.717) is 5.15 Å². The number of pyridine rings is 1. The Morgan fingerprint density at radius 3 is 3.00 bits per heavy atom. The van der Waals surface area contributed by atoms with Crippen molar-refractivity contribution < 1.29 is 4.74 Å². The molecule has 0 aliphatic heterocycles. The molecule has 3 nitrogen and oxygen atoms in total. The topological polar surface area (TPSA) is 26.5 Å². The lowest BCUT2D eigenvalue weighted by atomic mass is 10.4. The normalized spacial score (nSPS) is 10.7. The molecule has 68 valence electrons. The lowest BCUT2D eigenvalue weighted by Gasteiger charge is -2.02. The quantitative estimate of drug-likeness (QED) is 0.738. The summed E-state index contributed by atoms with van der Waals surface area (Å²) in [6, 6.07) is 5.41. The van der Waals surface area contributed by atoms with Gasteiger partial charge in [-0.15, -0.1) is 0 Å². The highest BCUT2D eigenvalue weighted by molar-refractivity contribution is 9.10. The van der Waals surface area contributed by atoms with E-state index < -0.39 is 0 Å². The fraction of sp³-hybridized carbons (Fsp3) is 0.125. The molecule has 5 heteroatoms. The van der Waals surface area contributed by atoms with Crippen molar-refractivity contribution in [3.8, 4) is 5.75 Å². The molecule has 0 bridgehead atoms. The zero-order chi connectivity index (χ0) is 9.42. The van der Waals surface area contributed by atoms with Crippen molar-refractivity contribution in [1.82, 2.24) is 9.61 Å². The van der Waals surface area contributed by atoms with Crippen LogP contribution in [0.2, 0.25) is 5.15 Å². The smallest absolute Gasteiger partial charge is 0.144 e. The third kappa shape index (κ3) is 1.40. The first-order valence-electron chi connectivity index (χ1n) is 3.60. The Bertz CT molecular complexity index is 455. The maximum atomic E-state index is 5.92. The minimum absolute atomic E-state index is 0.557. The Morgan fingerprint density at radius 2 is 2.31 bits per heavy atom. The highest BCUT2D eigenvalue weighted by Gasteiger charge is 2.07. The minimum Gasteiger partial charge on any atom is -0.494 e. The predicted octanol–water partition coefficient (Wildman–Crippen LogP) is 2.76. The van der Waals surface area contributed by atoms with Crippen LogP contribution in [0.15, 0.2) is 22.8 Å². The van der Waals surface area contributed by atoms with Crippen molar-refractivity contribution >= 4 is 33.0 Å². The summed E-state index contributed by atoms with van der Waals surface area (Å²) < 4.78 is 7.51. The molecule has 2 heterocycles. The molecular weight excluding hydrogens is 255 g/mol. The molecule has 0 aliphatic rings. The maximum absolute atomic E-state index is 5.92. The minimum atomic E-state index is 0.557. The van der Waals surface area contributed by atoms with E-state index in [1.807, 2.05) is 12.1 Å². The SMILES string of the molecule is COc1ccc(Cl)n2nc(Br)cc12. The maximum Gasteiger partial charge on any atom is 0.144 e. The van der Waals surface area contributed by atoms with E-state index >= 15 is 0 Å². The highest BCUT2D eigenvalue weighted by Crippen LogP contribution is 2.25. The van der Waals surface area contributed by atoms with E-state index in [0.717, 1.165) is 15.9 Å². The van der Waals surface area contributed by atoms with Crippen molar-refractivity contribution in [2.45, 2.75) is 0 Å². The molecule has 13 heavy (non-hydrogen) atoms. The summed E-state index contributed by atoms with van der Waals surface area (Å²) in [4.78, 5) is 0. The van der Waals surface area contributed by atoms with Gasteiger partial charge in [0.15, 0.2) is 0 Å². The number of hydrogen-bond acceptors (Lipinski definition) is 2. The van der Waals surface area contributed by atoms with E-state index in [-0.39, 0.29) is 0 Å². The van der Waals surface area contributed by atoms with Gasteiger partial charge in [-0.05, 0) is 28.1 Å². The van der Waals surface area contributed by atoms with Crippen LogP contribution in [0.25, 0.3) is 5.52 Å². The molecule has 0 spiro atoms. The highest BCUT2D eigenvalue weighted by atomic mass is 79.9. The molecule has 0 radical (unpaired) electrons. The summed E-state index contributed by atoms with van der Waals surface area (Å²) in [7, 11) is 1.62. The molecule has 0 N–H and O–H groups in total. The average molecular weight is 262 g/mol. The second-order valence-corrected chi connectivity index (χ2v) is 3.69. The van der Waals surface area contributed by atoms with Crippen LogP contribution in [0, 0.1) is 0 Å². The van der Waals surface area contributed by atoms with Gasteiger partial charge in [-0.3, -0.25) is 0 Å². The first-order chi connectivity index (χ1) is 6.22. The summed E-state index contributed by atoms with van der Waals surface area (Å²) in [5.74, 6) is 0.752. The average Bonchev–Trinajstić information content (AvgIpc) is 2.48. The molecule has 2 rings (SSSR count). The molecule has 0 unspecified atom stereocenters. The second-order valence-electron chi connectivity index (χ2n) is 2.49. The van der Waals surface area contributed by atoms with Crippen LogP contribution in [0.1, 0.15) is 0 Å². The van der Waals surface area contributed by atoms with Gasteiger partial charge < -0.3 is 4.74 Å². The summed E-state index contributed by atoms with van der Waals surface area (Å²) in [5.41, 5.74) is 0.849. The van der Waals surface area contributed by atoms with Crippen LogP contribution in [-0.2, 0) is 0 Å². The molecule has 0 aliphatic carbocycles. The van der Waals surface area contributed by atoms with Crippen molar-refractivity contribution in [3.05, 3.63) is 28.0 Å². The Hall–Kier alpha value is -0.740. The molecule has 0 aromatic carbocycles. The summed E-state index contributed by atoms with van der Waals surface area (Å²) in [6.45, 7) is 0. The van der Waals surface area contributed by atoms with E-state index in [2.05, 4.69) is 21.0 Å². The predicted molar refractivity (Wildman–Crippen MR) is 54.5 cm³/mol. The largest absolute Gasteiger partial charge is 0.494 e. The molecular formula is C8H6BrClN2O. The first-order valence-corrected chi connectivity index (χ1v) is 4.77. The number of aromatic nitrogens is 2. The van der Waals surface area contributed by atoms with Gasteiger partial charge >= 0.3 is 0 Å². The van der Waals surface area contributed by atoms with E-state index in [1.54, 1.807) is 17.7 Å². The Labute approximate surface area is 88.4 Å². The van der Waals surface area contributed by atoms with Gasteiger partial charge in [0.1, 0.15) is 21.0 Å². The van der Waals surface area contributed by atoms with Gasteiger partial charge in [-0.1, -0.05) is 11.6 Å². The molecule has 0 atom stereocenters. The molecule has 0 fully saturated rings. The van der Waals surface area contributed by atoms with Gasteiger partial charge in [-0.25, -0.2) is 4.52 Å². The third-order valence-electron chi connectivity index (χ3n) is 1.73. The molecule has 2 aromatic rings. The van der Waals surface area contributed by atoms with E-state index in [4.69, 9.17) is 16.3 Å². The Kier molecular flexibility index (Phi) is 2.17. The number of halogens is 2. The fourth-order valence-corrected chi connectivity index (χ4v) is 1.73. The number of nitrogens with zero attached hydrogens (tertiary/aromatic N) is 2. The monoisotopic (exact) mass is 260 g/mol. The van der Waals surface area contributed by atoms with Gasteiger partial charge in [0, 0.05) is 6.07 Å². The zero-order valence-electron chi connectivity index (χ0n) is 6.79. The number of fused-ring (bicyclic) bond motifs is 1. The van der Waals surface area contributed by atoms with Crippen molar-refractivity contribution in [1.29, 1.82) is 0 Å². The van der Waals surface area contributed by atoms with Crippen molar-refractivity contribution in [2.24, 2.45) is 0 Å². The molecule has 0 saturated carbocycles. The van der Waals surface area contributed by atoms with Crippen LogP contribution < -0.4 is 4.74 Å². The number of methoxy groups -OCH3 is 1. The summed E-state index contributed by atoms with van der Waals surface area (Å²) >= 11 is 9.20. The van der Waals surface area contributed by atoms with Crippen LogP contribution in [0.5, 0.6) is 5.75 Å². The van der Waals surface area contributed by atoms with E-state index in [1.165, 1.54) is 0 Å². The van der Waals surface area contributed by atoms with Gasteiger partial charge in [0.2, 0.25) is 0 Å².